The third-order valence-electron chi connectivity index (χ3n) is 4.67. The summed E-state index contributed by atoms with van der Waals surface area (Å²) in [5.74, 6) is 1.21. The number of morpholine rings is 1. The van der Waals surface area contributed by atoms with Crippen molar-refractivity contribution in [2.75, 3.05) is 24.6 Å². The fraction of sp³-hybridized carbons (Fsp3) is 0.444. The first-order chi connectivity index (χ1) is 12.0. The molecule has 1 aliphatic heterocycles. The fourth-order valence-corrected chi connectivity index (χ4v) is 3.43. The van der Waals surface area contributed by atoms with E-state index in [9.17, 15) is 13.2 Å². The van der Waals surface area contributed by atoms with E-state index < -0.39 is 12.3 Å². The van der Waals surface area contributed by atoms with Crippen LogP contribution in [-0.2, 0) is 17.6 Å². The molecule has 2 aliphatic rings. The van der Waals surface area contributed by atoms with Crippen molar-refractivity contribution in [3.8, 4) is 11.4 Å². The number of aryl methyl sites for hydroxylation is 1. The van der Waals surface area contributed by atoms with Gasteiger partial charge >= 0.3 is 6.18 Å². The number of anilines is 1. The van der Waals surface area contributed by atoms with E-state index in [0.717, 1.165) is 36.1 Å². The lowest BCUT2D eigenvalue weighted by Crippen LogP contribution is -2.49. The molecule has 1 aliphatic carbocycles. The number of benzene rings is 1. The Morgan fingerprint density at radius 1 is 1.08 bits per heavy atom. The van der Waals surface area contributed by atoms with Crippen molar-refractivity contribution < 1.29 is 17.9 Å². The van der Waals surface area contributed by atoms with Gasteiger partial charge in [0.05, 0.1) is 13.2 Å². The summed E-state index contributed by atoms with van der Waals surface area (Å²) in [4.78, 5) is 11.0. The number of nitrogens with zero attached hydrogens (tertiary/aromatic N) is 3. The third-order valence-corrected chi connectivity index (χ3v) is 4.67. The molecule has 2 aromatic rings. The second-order valence-electron chi connectivity index (χ2n) is 6.36. The number of hydrogen-bond donors (Lipinski definition) is 0. The quantitative estimate of drug-likeness (QED) is 0.833. The average molecular weight is 349 g/mol. The van der Waals surface area contributed by atoms with Gasteiger partial charge in [-0.15, -0.1) is 0 Å². The Hall–Kier alpha value is -2.15. The number of hydrogen-bond acceptors (Lipinski definition) is 4. The first-order valence-electron chi connectivity index (χ1n) is 8.41. The molecule has 25 heavy (non-hydrogen) atoms. The van der Waals surface area contributed by atoms with E-state index in [4.69, 9.17) is 4.74 Å². The molecule has 0 amide bonds. The molecule has 0 radical (unpaired) electrons. The van der Waals surface area contributed by atoms with Crippen molar-refractivity contribution in [2.24, 2.45) is 0 Å². The van der Waals surface area contributed by atoms with Crippen LogP contribution in [0.5, 0.6) is 0 Å². The highest BCUT2D eigenvalue weighted by molar-refractivity contribution is 5.61. The molecule has 4 rings (SSSR count). The van der Waals surface area contributed by atoms with Crippen LogP contribution in [0, 0.1) is 0 Å². The Balaban J connectivity index is 1.73. The van der Waals surface area contributed by atoms with Gasteiger partial charge in [0, 0.05) is 23.4 Å². The summed E-state index contributed by atoms with van der Waals surface area (Å²) in [5.41, 5.74) is 2.82. The molecule has 7 heteroatoms. The molecule has 1 aromatic carbocycles. The number of rotatable bonds is 2. The highest BCUT2D eigenvalue weighted by Gasteiger charge is 2.44. The summed E-state index contributed by atoms with van der Waals surface area (Å²) < 4.78 is 44.1. The van der Waals surface area contributed by atoms with E-state index in [2.05, 4.69) is 9.97 Å². The van der Waals surface area contributed by atoms with E-state index in [-0.39, 0.29) is 13.2 Å². The van der Waals surface area contributed by atoms with Crippen molar-refractivity contribution in [3.05, 3.63) is 41.6 Å². The number of alkyl halides is 3. The molecule has 0 saturated carbocycles. The van der Waals surface area contributed by atoms with Crippen LogP contribution in [-0.4, -0.2) is 41.9 Å². The molecule has 0 bridgehead atoms. The normalized spacial score (nSPS) is 20.6. The minimum absolute atomic E-state index is 0.0453. The van der Waals surface area contributed by atoms with E-state index in [1.165, 1.54) is 0 Å². The Labute approximate surface area is 143 Å². The van der Waals surface area contributed by atoms with E-state index in [1.807, 2.05) is 30.3 Å². The van der Waals surface area contributed by atoms with Gasteiger partial charge in [0.1, 0.15) is 5.82 Å². The largest absolute Gasteiger partial charge is 0.416 e. The maximum Gasteiger partial charge on any atom is 0.416 e. The average Bonchev–Trinajstić information content (AvgIpc) is 3.09. The molecule has 0 spiro atoms. The van der Waals surface area contributed by atoms with Gasteiger partial charge in [-0.25, -0.2) is 9.97 Å². The SMILES string of the molecule is FC(F)(F)[C@@H]1CN(c2nc(-c3ccccc3)nc3c2CCC3)CCO1. The van der Waals surface area contributed by atoms with Crippen molar-refractivity contribution in [3.63, 3.8) is 0 Å². The molecule has 1 atom stereocenters. The molecule has 1 saturated heterocycles. The van der Waals surface area contributed by atoms with Crippen LogP contribution in [0.4, 0.5) is 19.0 Å². The lowest BCUT2D eigenvalue weighted by Gasteiger charge is -2.35. The third kappa shape index (κ3) is 3.20. The van der Waals surface area contributed by atoms with Gasteiger partial charge in [-0.05, 0) is 19.3 Å². The lowest BCUT2D eigenvalue weighted by atomic mass is 10.1. The summed E-state index contributed by atoms with van der Waals surface area (Å²) in [6, 6.07) is 9.55. The van der Waals surface area contributed by atoms with Crippen LogP contribution in [0.1, 0.15) is 17.7 Å². The lowest BCUT2D eigenvalue weighted by molar-refractivity contribution is -0.221. The van der Waals surface area contributed by atoms with E-state index >= 15 is 0 Å². The van der Waals surface area contributed by atoms with Gasteiger partial charge in [-0.1, -0.05) is 30.3 Å². The number of aromatic nitrogens is 2. The highest BCUT2D eigenvalue weighted by Crippen LogP contribution is 2.34. The zero-order valence-corrected chi connectivity index (χ0v) is 13.6. The van der Waals surface area contributed by atoms with Crippen LogP contribution < -0.4 is 4.90 Å². The summed E-state index contributed by atoms with van der Waals surface area (Å²) in [5, 5.41) is 0. The van der Waals surface area contributed by atoms with Gasteiger partial charge in [-0.3, -0.25) is 0 Å². The Morgan fingerprint density at radius 3 is 2.64 bits per heavy atom. The number of fused-ring (bicyclic) bond motifs is 1. The molecule has 2 heterocycles. The summed E-state index contributed by atoms with van der Waals surface area (Å²) in [6.45, 7) is 0.231. The summed E-state index contributed by atoms with van der Waals surface area (Å²) >= 11 is 0. The molecular formula is C18H18F3N3O. The molecule has 1 fully saturated rings. The second kappa shape index (κ2) is 6.29. The summed E-state index contributed by atoms with van der Waals surface area (Å²) in [7, 11) is 0. The molecule has 4 nitrogen and oxygen atoms in total. The molecule has 0 unspecified atom stereocenters. The predicted molar refractivity (Wildman–Crippen MR) is 87.5 cm³/mol. The Bertz CT molecular complexity index is 764. The second-order valence-corrected chi connectivity index (χ2v) is 6.36. The smallest absolute Gasteiger partial charge is 0.365 e. The van der Waals surface area contributed by atoms with Crippen LogP contribution in [0.3, 0.4) is 0 Å². The van der Waals surface area contributed by atoms with E-state index in [0.29, 0.717) is 18.2 Å². The van der Waals surface area contributed by atoms with Crippen molar-refractivity contribution in [1.29, 1.82) is 0 Å². The topological polar surface area (TPSA) is 38.2 Å². The maximum atomic E-state index is 13.1. The fourth-order valence-electron chi connectivity index (χ4n) is 3.43. The minimum atomic E-state index is -4.36. The first-order valence-corrected chi connectivity index (χ1v) is 8.41. The van der Waals surface area contributed by atoms with Crippen molar-refractivity contribution in [1.82, 2.24) is 9.97 Å². The van der Waals surface area contributed by atoms with Gasteiger partial charge in [0.25, 0.3) is 0 Å². The molecular weight excluding hydrogens is 331 g/mol. The summed E-state index contributed by atoms with van der Waals surface area (Å²) in [6.07, 6.45) is -3.52. The minimum Gasteiger partial charge on any atom is -0.365 e. The van der Waals surface area contributed by atoms with Crippen LogP contribution in [0.2, 0.25) is 0 Å². The molecule has 132 valence electrons. The molecule has 0 N–H and O–H groups in total. The van der Waals surface area contributed by atoms with Gasteiger partial charge in [0.2, 0.25) is 0 Å². The number of halogens is 3. The Morgan fingerprint density at radius 2 is 1.88 bits per heavy atom. The Kier molecular flexibility index (Phi) is 4.11. The first kappa shape index (κ1) is 16.3. The number of ether oxygens (including phenoxy) is 1. The van der Waals surface area contributed by atoms with Crippen molar-refractivity contribution in [2.45, 2.75) is 31.5 Å². The highest BCUT2D eigenvalue weighted by atomic mass is 19.4. The van der Waals surface area contributed by atoms with Gasteiger partial charge < -0.3 is 9.64 Å². The van der Waals surface area contributed by atoms with Crippen LogP contribution in [0.25, 0.3) is 11.4 Å². The maximum absolute atomic E-state index is 13.1. The zero-order chi connectivity index (χ0) is 17.4. The molecule has 1 aromatic heterocycles. The van der Waals surface area contributed by atoms with Gasteiger partial charge in [-0.2, -0.15) is 13.2 Å². The van der Waals surface area contributed by atoms with Crippen molar-refractivity contribution >= 4 is 5.82 Å². The van der Waals surface area contributed by atoms with Gasteiger partial charge in [0.15, 0.2) is 11.9 Å². The van der Waals surface area contributed by atoms with E-state index in [1.54, 1.807) is 4.90 Å². The van der Waals surface area contributed by atoms with Crippen LogP contribution >= 0.6 is 0 Å². The monoisotopic (exact) mass is 349 g/mol. The van der Waals surface area contributed by atoms with Crippen LogP contribution in [0.15, 0.2) is 30.3 Å². The predicted octanol–water partition coefficient (Wildman–Crippen LogP) is 3.40. The zero-order valence-electron chi connectivity index (χ0n) is 13.6. The standard InChI is InChI=1S/C18H18F3N3O/c19-18(20,21)15-11-24(9-10-25-15)17-13-7-4-8-14(13)22-16(23-17)12-5-2-1-3-6-12/h1-3,5-6,15H,4,7-11H2/t15-/m0/s1.